The molecule has 1 saturated carbocycles. The van der Waals surface area contributed by atoms with Gasteiger partial charge in [0.1, 0.15) is 0 Å². The fraction of sp³-hybridized carbons (Fsp3) is 1.00. The van der Waals surface area contributed by atoms with Crippen LogP contribution in [0.15, 0.2) is 0 Å². The lowest BCUT2D eigenvalue weighted by atomic mass is 9.92. The van der Waals surface area contributed by atoms with Crippen LogP contribution in [0.2, 0.25) is 0 Å². The fourth-order valence-corrected chi connectivity index (χ4v) is 2.28. The second kappa shape index (κ2) is 3.81. The lowest BCUT2D eigenvalue weighted by Crippen LogP contribution is -2.02. The SMILES string of the molecule is CCCC(CC)CC1CC1(C)C. The van der Waals surface area contributed by atoms with Gasteiger partial charge < -0.3 is 0 Å². The van der Waals surface area contributed by atoms with Crippen molar-refractivity contribution in [2.45, 2.75) is 59.8 Å². The van der Waals surface area contributed by atoms with Gasteiger partial charge in [-0.1, -0.05) is 47.0 Å². The van der Waals surface area contributed by atoms with Crippen molar-refractivity contribution < 1.29 is 0 Å². The van der Waals surface area contributed by atoms with Crippen LogP contribution in [0.3, 0.4) is 0 Å². The largest absolute Gasteiger partial charge is 0.0654 e. The van der Waals surface area contributed by atoms with E-state index < -0.39 is 0 Å². The summed E-state index contributed by atoms with van der Waals surface area (Å²) in [6.45, 7) is 9.48. The second-order valence-electron chi connectivity index (χ2n) is 5.19. The Kier molecular flexibility index (Phi) is 3.20. The van der Waals surface area contributed by atoms with Crippen LogP contribution in [0.5, 0.6) is 0 Å². The van der Waals surface area contributed by atoms with Crippen LogP contribution in [0.1, 0.15) is 59.8 Å². The van der Waals surface area contributed by atoms with E-state index in [0.29, 0.717) is 5.41 Å². The van der Waals surface area contributed by atoms with Crippen molar-refractivity contribution in [2.75, 3.05) is 0 Å². The quantitative estimate of drug-likeness (QED) is 0.575. The van der Waals surface area contributed by atoms with E-state index in [9.17, 15) is 0 Å². The Labute approximate surface area is 77.7 Å². The molecule has 0 aliphatic heterocycles. The third kappa shape index (κ3) is 2.50. The molecule has 0 aromatic carbocycles. The molecule has 0 aromatic heterocycles. The smallest absolute Gasteiger partial charge is 0.0323 e. The molecule has 0 N–H and O–H groups in total. The molecule has 0 radical (unpaired) electrons. The van der Waals surface area contributed by atoms with Gasteiger partial charge in [-0.2, -0.15) is 0 Å². The summed E-state index contributed by atoms with van der Waals surface area (Å²) in [6.07, 6.45) is 7.18. The minimum atomic E-state index is 0.696. The van der Waals surface area contributed by atoms with E-state index in [0.717, 1.165) is 11.8 Å². The zero-order valence-electron chi connectivity index (χ0n) is 9.19. The summed E-state index contributed by atoms with van der Waals surface area (Å²) in [4.78, 5) is 0. The van der Waals surface area contributed by atoms with E-state index >= 15 is 0 Å². The molecule has 0 nitrogen and oxygen atoms in total. The maximum absolute atomic E-state index is 2.41. The van der Waals surface area contributed by atoms with Gasteiger partial charge in [0.2, 0.25) is 0 Å². The maximum atomic E-state index is 2.41. The molecule has 0 bridgehead atoms. The minimum Gasteiger partial charge on any atom is -0.0654 e. The molecule has 0 amide bonds. The zero-order chi connectivity index (χ0) is 9.19. The van der Waals surface area contributed by atoms with Crippen molar-refractivity contribution in [3.8, 4) is 0 Å². The van der Waals surface area contributed by atoms with E-state index in [1.165, 1.54) is 32.1 Å². The number of hydrogen-bond donors (Lipinski definition) is 0. The van der Waals surface area contributed by atoms with Crippen molar-refractivity contribution in [1.82, 2.24) is 0 Å². The van der Waals surface area contributed by atoms with Crippen LogP contribution >= 0.6 is 0 Å². The summed E-state index contributed by atoms with van der Waals surface area (Å²) in [6, 6.07) is 0. The topological polar surface area (TPSA) is 0 Å². The Morgan fingerprint density at radius 3 is 2.25 bits per heavy atom. The molecule has 0 heterocycles. The van der Waals surface area contributed by atoms with Gasteiger partial charge in [0.25, 0.3) is 0 Å². The van der Waals surface area contributed by atoms with Gasteiger partial charge in [0.15, 0.2) is 0 Å². The highest BCUT2D eigenvalue weighted by molar-refractivity contribution is 4.95. The summed E-state index contributed by atoms with van der Waals surface area (Å²) in [7, 11) is 0. The molecule has 0 heteroatoms. The Balaban J connectivity index is 2.20. The van der Waals surface area contributed by atoms with Crippen LogP contribution in [-0.4, -0.2) is 0 Å². The molecule has 1 rings (SSSR count). The third-order valence-corrected chi connectivity index (χ3v) is 3.61. The number of hydrogen-bond acceptors (Lipinski definition) is 0. The van der Waals surface area contributed by atoms with Crippen LogP contribution in [0, 0.1) is 17.3 Å². The highest BCUT2D eigenvalue weighted by atomic mass is 14.5. The van der Waals surface area contributed by atoms with Crippen LogP contribution in [0.25, 0.3) is 0 Å². The Hall–Kier alpha value is 0. The predicted octanol–water partition coefficient (Wildman–Crippen LogP) is 4.25. The molecule has 1 aliphatic rings. The highest BCUT2D eigenvalue weighted by Crippen LogP contribution is 2.55. The molecule has 2 atom stereocenters. The van der Waals surface area contributed by atoms with Crippen LogP contribution in [-0.2, 0) is 0 Å². The standard InChI is InChI=1S/C12H24/c1-5-7-10(6-2)8-11-9-12(11,3)4/h10-11H,5-9H2,1-4H3. The molecule has 1 aliphatic carbocycles. The van der Waals surface area contributed by atoms with E-state index in [1.54, 1.807) is 0 Å². The molecular formula is C12H24. The van der Waals surface area contributed by atoms with Crippen LogP contribution in [0.4, 0.5) is 0 Å². The van der Waals surface area contributed by atoms with E-state index in [2.05, 4.69) is 27.7 Å². The lowest BCUT2D eigenvalue weighted by molar-refractivity contribution is 0.378. The lowest BCUT2D eigenvalue weighted by Gasteiger charge is -2.14. The van der Waals surface area contributed by atoms with Crippen molar-refractivity contribution >= 4 is 0 Å². The average molecular weight is 168 g/mol. The molecule has 0 spiro atoms. The summed E-state index contributed by atoms with van der Waals surface area (Å²) in [5, 5.41) is 0. The molecule has 1 fully saturated rings. The highest BCUT2D eigenvalue weighted by Gasteiger charge is 2.45. The minimum absolute atomic E-state index is 0.696. The van der Waals surface area contributed by atoms with E-state index in [-0.39, 0.29) is 0 Å². The Morgan fingerprint density at radius 1 is 1.33 bits per heavy atom. The van der Waals surface area contributed by atoms with Crippen molar-refractivity contribution in [3.05, 3.63) is 0 Å². The normalized spacial score (nSPS) is 28.5. The third-order valence-electron chi connectivity index (χ3n) is 3.61. The zero-order valence-corrected chi connectivity index (χ0v) is 9.19. The number of rotatable bonds is 5. The summed E-state index contributed by atoms with van der Waals surface area (Å²) >= 11 is 0. The molecule has 12 heavy (non-hydrogen) atoms. The van der Waals surface area contributed by atoms with Crippen molar-refractivity contribution in [1.29, 1.82) is 0 Å². The van der Waals surface area contributed by atoms with Gasteiger partial charge in [0, 0.05) is 0 Å². The monoisotopic (exact) mass is 168 g/mol. The molecule has 2 unspecified atom stereocenters. The van der Waals surface area contributed by atoms with Gasteiger partial charge in [-0.05, 0) is 30.1 Å². The maximum Gasteiger partial charge on any atom is -0.0323 e. The van der Waals surface area contributed by atoms with Crippen molar-refractivity contribution in [3.63, 3.8) is 0 Å². The first kappa shape index (κ1) is 10.1. The average Bonchev–Trinajstić information content (AvgIpc) is 2.58. The van der Waals surface area contributed by atoms with Gasteiger partial charge >= 0.3 is 0 Å². The molecule has 0 aromatic rings. The van der Waals surface area contributed by atoms with Gasteiger partial charge in [-0.3, -0.25) is 0 Å². The van der Waals surface area contributed by atoms with E-state index in [4.69, 9.17) is 0 Å². The Morgan fingerprint density at radius 2 is 1.92 bits per heavy atom. The molecular weight excluding hydrogens is 144 g/mol. The molecule has 72 valence electrons. The van der Waals surface area contributed by atoms with Crippen molar-refractivity contribution in [2.24, 2.45) is 17.3 Å². The van der Waals surface area contributed by atoms with E-state index in [1.807, 2.05) is 0 Å². The Bertz CT molecular complexity index is 135. The van der Waals surface area contributed by atoms with Gasteiger partial charge in [-0.15, -0.1) is 0 Å². The first-order valence-electron chi connectivity index (χ1n) is 5.60. The summed E-state index contributed by atoms with van der Waals surface area (Å²) in [5.41, 5.74) is 0.696. The first-order chi connectivity index (χ1) is 5.60. The first-order valence-corrected chi connectivity index (χ1v) is 5.60. The fourth-order valence-electron chi connectivity index (χ4n) is 2.28. The van der Waals surface area contributed by atoms with Gasteiger partial charge in [0.05, 0.1) is 0 Å². The predicted molar refractivity (Wildman–Crippen MR) is 55.2 cm³/mol. The second-order valence-corrected chi connectivity index (χ2v) is 5.19. The molecule has 0 saturated heterocycles. The summed E-state index contributed by atoms with van der Waals surface area (Å²) in [5.74, 6) is 2.07. The summed E-state index contributed by atoms with van der Waals surface area (Å²) < 4.78 is 0. The van der Waals surface area contributed by atoms with Crippen LogP contribution < -0.4 is 0 Å². The van der Waals surface area contributed by atoms with Gasteiger partial charge in [-0.25, -0.2) is 0 Å².